The van der Waals surface area contributed by atoms with Crippen LogP contribution < -0.4 is 0 Å². The summed E-state index contributed by atoms with van der Waals surface area (Å²) in [5.74, 6) is 0. The number of thiol groups is 2. The zero-order valence-corrected chi connectivity index (χ0v) is 3.63. The van der Waals surface area contributed by atoms with Crippen LogP contribution in [0.5, 0.6) is 0 Å². The molecule has 0 heterocycles. The Kier molecular flexibility index (Phi) is 2.25. The topological polar surface area (TPSA) is 20.2 Å². The van der Waals surface area contributed by atoms with E-state index in [9.17, 15) is 0 Å². The van der Waals surface area contributed by atoms with E-state index in [0.29, 0.717) is 0 Å². The number of hydrogen-bond acceptors (Lipinski definition) is 3. The molecule has 0 saturated carbocycles. The van der Waals surface area contributed by atoms with Gasteiger partial charge in [0, 0.05) is 0 Å². The van der Waals surface area contributed by atoms with Crippen molar-refractivity contribution in [2.75, 3.05) is 0 Å². The second-order valence-electron chi connectivity index (χ2n) is 0.300. The van der Waals surface area contributed by atoms with E-state index >= 15 is 0 Å². The van der Waals surface area contributed by atoms with Crippen LogP contribution >= 0.6 is 25.3 Å². The maximum Gasteiger partial charge on any atom is 0.200 e. The summed E-state index contributed by atoms with van der Waals surface area (Å²) in [7, 11) is 0. The van der Waals surface area contributed by atoms with Gasteiger partial charge in [-0.05, 0) is 0 Å². The summed E-state index contributed by atoms with van der Waals surface area (Å²) in [6, 6.07) is 0. The average molecular weight is 95.2 g/mol. The van der Waals surface area contributed by atoms with Crippen molar-refractivity contribution in [1.82, 2.24) is 0 Å². The van der Waals surface area contributed by atoms with Crippen molar-refractivity contribution >= 4 is 25.3 Å². The van der Waals surface area contributed by atoms with Gasteiger partial charge in [0.1, 0.15) is 0 Å². The Morgan fingerprint density at radius 1 is 1.50 bits per heavy atom. The molecule has 0 bridgehead atoms. The second-order valence-corrected chi connectivity index (χ2v) is 1.50. The van der Waals surface area contributed by atoms with Crippen LogP contribution in [-0.4, -0.2) is 5.11 Å². The van der Waals surface area contributed by atoms with E-state index in [-0.39, 0.29) is 4.77 Å². The average Bonchev–Trinajstić information content (AvgIpc) is 0.811. The van der Waals surface area contributed by atoms with Crippen LogP contribution in [-0.2, 0) is 0 Å². The van der Waals surface area contributed by atoms with Gasteiger partial charge in [0.2, 0.25) is 0 Å². The number of aliphatic hydroxyl groups excluding tert-OH is 1. The van der Waals surface area contributed by atoms with Crippen LogP contribution in [0.2, 0.25) is 0 Å². The molecule has 25 valence electrons. The van der Waals surface area contributed by atoms with E-state index in [4.69, 9.17) is 5.11 Å². The quantitative estimate of drug-likeness (QED) is 0.378. The van der Waals surface area contributed by atoms with Crippen LogP contribution in [0, 0.1) is 4.77 Å². The third-order valence-corrected chi connectivity index (χ3v) is 0. The highest BCUT2D eigenvalue weighted by Gasteiger charge is 1.74. The molecule has 1 radical (unpaired) electrons. The molecule has 0 amide bonds. The summed E-state index contributed by atoms with van der Waals surface area (Å²) >= 11 is 6.60. The maximum atomic E-state index is 7.70. The minimum absolute atomic E-state index is 0.194. The molecule has 0 aromatic carbocycles. The maximum absolute atomic E-state index is 7.70. The van der Waals surface area contributed by atoms with E-state index in [0.717, 1.165) is 0 Å². The highest BCUT2D eigenvalue weighted by molar-refractivity contribution is 8.02. The van der Waals surface area contributed by atoms with Crippen molar-refractivity contribution in [2.45, 2.75) is 0 Å². The summed E-state index contributed by atoms with van der Waals surface area (Å²) in [5, 5.41) is 7.70. The standard InChI is InChI=1S/CH3OS2/c2-1(3)4/h2-4H. The normalized spacial score (nSPS) is 9.00. The van der Waals surface area contributed by atoms with Gasteiger partial charge in [-0.2, -0.15) is 0 Å². The smallest absolute Gasteiger partial charge is 0.200 e. The Hall–Kier alpha value is 0.660. The number of aliphatic hydroxyl groups is 1. The van der Waals surface area contributed by atoms with Gasteiger partial charge in [0.05, 0.1) is 0 Å². The molecule has 0 spiro atoms. The lowest BCUT2D eigenvalue weighted by Gasteiger charge is -1.75. The number of hydrogen-bond donors (Lipinski definition) is 3. The lowest BCUT2D eigenvalue weighted by Crippen LogP contribution is -1.58. The summed E-state index contributed by atoms with van der Waals surface area (Å²) in [5.41, 5.74) is 0. The van der Waals surface area contributed by atoms with Crippen molar-refractivity contribution in [3.63, 3.8) is 0 Å². The Balaban J connectivity index is 2.32. The fraction of sp³-hybridized carbons (Fsp3) is 0. The monoisotopic (exact) mass is 95.0 g/mol. The highest BCUT2D eigenvalue weighted by Crippen LogP contribution is 2.00. The molecular weight excluding hydrogens is 92.1 g/mol. The van der Waals surface area contributed by atoms with Gasteiger partial charge < -0.3 is 5.11 Å². The van der Waals surface area contributed by atoms with Gasteiger partial charge in [-0.3, -0.25) is 0 Å². The minimum Gasteiger partial charge on any atom is -0.367 e. The first kappa shape index (κ1) is 4.66. The fourth-order valence-electron chi connectivity index (χ4n) is 0. The Labute approximate surface area is 35.8 Å². The van der Waals surface area contributed by atoms with E-state index in [1.54, 1.807) is 0 Å². The van der Waals surface area contributed by atoms with E-state index in [2.05, 4.69) is 25.3 Å². The predicted molar refractivity (Wildman–Crippen MR) is 23.2 cm³/mol. The SMILES string of the molecule is O[C](S)S. The van der Waals surface area contributed by atoms with Gasteiger partial charge in [-0.15, -0.1) is 25.3 Å². The summed E-state index contributed by atoms with van der Waals surface area (Å²) in [4.78, 5) is 0. The first-order chi connectivity index (χ1) is 1.73. The van der Waals surface area contributed by atoms with Crippen molar-refractivity contribution in [3.8, 4) is 0 Å². The van der Waals surface area contributed by atoms with Crippen LogP contribution in [0.1, 0.15) is 0 Å². The molecule has 1 N–H and O–H groups in total. The van der Waals surface area contributed by atoms with Gasteiger partial charge in [0.25, 0.3) is 0 Å². The zero-order chi connectivity index (χ0) is 3.58. The molecular formula is CH3OS2. The van der Waals surface area contributed by atoms with E-state index < -0.39 is 0 Å². The Bertz CT molecular complexity index is 10.8. The van der Waals surface area contributed by atoms with Crippen LogP contribution in [0.15, 0.2) is 0 Å². The van der Waals surface area contributed by atoms with Crippen LogP contribution in [0.3, 0.4) is 0 Å². The second kappa shape index (κ2) is 1.93. The number of rotatable bonds is 0. The van der Waals surface area contributed by atoms with Crippen molar-refractivity contribution in [2.24, 2.45) is 0 Å². The lowest BCUT2D eigenvalue weighted by atomic mass is 11.7. The Morgan fingerprint density at radius 3 is 1.50 bits per heavy atom. The minimum atomic E-state index is -0.194. The third kappa shape index (κ3) is 16.8. The summed E-state index contributed by atoms with van der Waals surface area (Å²) < 4.78 is -0.194. The van der Waals surface area contributed by atoms with Crippen molar-refractivity contribution in [3.05, 3.63) is 4.77 Å². The highest BCUT2D eigenvalue weighted by atomic mass is 32.2. The molecule has 1 nitrogen and oxygen atoms in total. The van der Waals surface area contributed by atoms with E-state index in [1.165, 1.54) is 0 Å². The predicted octanol–water partition coefficient (Wildman–Crippen LogP) is 0.665. The third-order valence-electron chi connectivity index (χ3n) is 0. The van der Waals surface area contributed by atoms with Gasteiger partial charge in [-0.25, -0.2) is 0 Å². The first-order valence-corrected chi connectivity index (χ1v) is 1.57. The summed E-state index contributed by atoms with van der Waals surface area (Å²) in [6.07, 6.45) is 0. The Morgan fingerprint density at radius 2 is 1.50 bits per heavy atom. The molecule has 0 aromatic heterocycles. The lowest BCUT2D eigenvalue weighted by molar-refractivity contribution is 0.429. The zero-order valence-electron chi connectivity index (χ0n) is 1.84. The van der Waals surface area contributed by atoms with Gasteiger partial charge in [-0.1, -0.05) is 0 Å². The van der Waals surface area contributed by atoms with Crippen molar-refractivity contribution < 1.29 is 5.11 Å². The fourth-order valence-corrected chi connectivity index (χ4v) is 0. The van der Waals surface area contributed by atoms with E-state index in [1.807, 2.05) is 0 Å². The van der Waals surface area contributed by atoms with Gasteiger partial charge >= 0.3 is 0 Å². The first-order valence-electron chi connectivity index (χ1n) is 0.671. The molecule has 0 aliphatic carbocycles. The van der Waals surface area contributed by atoms with Crippen molar-refractivity contribution in [1.29, 1.82) is 0 Å². The van der Waals surface area contributed by atoms with Crippen LogP contribution in [0.4, 0.5) is 0 Å². The molecule has 0 saturated heterocycles. The molecule has 0 aliphatic rings. The molecule has 0 aliphatic heterocycles. The molecule has 0 aromatic rings. The largest absolute Gasteiger partial charge is 0.367 e. The molecule has 0 rings (SSSR count). The van der Waals surface area contributed by atoms with Crippen LogP contribution in [0.25, 0.3) is 0 Å². The molecule has 0 fully saturated rings. The molecule has 0 unspecified atom stereocenters. The van der Waals surface area contributed by atoms with Gasteiger partial charge in [0.15, 0.2) is 4.77 Å². The molecule has 4 heavy (non-hydrogen) atoms. The molecule has 0 atom stereocenters. The molecule has 3 heteroatoms. The summed E-state index contributed by atoms with van der Waals surface area (Å²) in [6.45, 7) is 0.